The van der Waals surface area contributed by atoms with Crippen LogP contribution in [0, 0.1) is 6.92 Å². The lowest BCUT2D eigenvalue weighted by atomic mass is 10.0. The topological polar surface area (TPSA) is 38.3 Å². The molecule has 0 aliphatic carbocycles. The molecule has 1 N–H and O–H groups in total. The Morgan fingerprint density at radius 1 is 1.41 bits per heavy atom. The first-order valence-electron chi connectivity index (χ1n) is 5.50. The average molecular weight is 229 g/mol. The van der Waals surface area contributed by atoms with Crippen molar-refractivity contribution in [3.05, 3.63) is 47.2 Å². The standard InChI is InChI=1S/C14H15NO2/c1-4-10(17-3)8-12-11-7-9(2)5-6-13(11)15-14(12)16/h4-8H,1-3H3,(H,15,16). The number of benzene rings is 1. The first-order valence-corrected chi connectivity index (χ1v) is 5.50. The molecule has 3 heteroatoms. The van der Waals surface area contributed by atoms with Gasteiger partial charge in [-0.2, -0.15) is 0 Å². The molecule has 0 bridgehead atoms. The van der Waals surface area contributed by atoms with Gasteiger partial charge >= 0.3 is 0 Å². The number of hydrogen-bond acceptors (Lipinski definition) is 2. The number of amides is 1. The van der Waals surface area contributed by atoms with Crippen molar-refractivity contribution in [2.24, 2.45) is 0 Å². The van der Waals surface area contributed by atoms with Crippen LogP contribution in [0.5, 0.6) is 0 Å². The van der Waals surface area contributed by atoms with E-state index in [4.69, 9.17) is 4.74 Å². The highest BCUT2D eigenvalue weighted by Gasteiger charge is 2.24. The van der Waals surface area contributed by atoms with Crippen LogP contribution in [0.4, 0.5) is 5.69 Å². The molecule has 3 nitrogen and oxygen atoms in total. The van der Waals surface area contributed by atoms with Gasteiger partial charge in [-0.15, -0.1) is 0 Å². The molecular formula is C14H15NO2. The summed E-state index contributed by atoms with van der Waals surface area (Å²) in [7, 11) is 1.59. The molecule has 1 aromatic carbocycles. The number of methoxy groups -OCH3 is 1. The van der Waals surface area contributed by atoms with Crippen molar-refractivity contribution >= 4 is 17.2 Å². The zero-order valence-corrected chi connectivity index (χ0v) is 10.2. The van der Waals surface area contributed by atoms with Gasteiger partial charge in [0.05, 0.1) is 12.7 Å². The number of carbonyl (C=O) groups excluding carboxylic acids is 1. The molecule has 2 rings (SSSR count). The van der Waals surface area contributed by atoms with E-state index in [1.165, 1.54) is 0 Å². The normalized spacial score (nSPS) is 17.0. The summed E-state index contributed by atoms with van der Waals surface area (Å²) < 4.78 is 5.16. The number of ether oxygens (including phenoxy) is 1. The third-order valence-corrected chi connectivity index (χ3v) is 2.76. The van der Waals surface area contributed by atoms with Gasteiger partial charge in [-0.25, -0.2) is 0 Å². The summed E-state index contributed by atoms with van der Waals surface area (Å²) in [5.74, 6) is 0.603. The van der Waals surface area contributed by atoms with Crippen LogP contribution < -0.4 is 5.32 Å². The van der Waals surface area contributed by atoms with Crippen LogP contribution in [0.2, 0.25) is 0 Å². The maximum atomic E-state index is 11.8. The minimum Gasteiger partial charge on any atom is -0.497 e. The Bertz CT molecular complexity index is 527. The third kappa shape index (κ3) is 2.09. The van der Waals surface area contributed by atoms with Crippen LogP contribution in [0.3, 0.4) is 0 Å². The van der Waals surface area contributed by atoms with Gasteiger partial charge in [0, 0.05) is 11.3 Å². The van der Waals surface area contributed by atoms with Crippen molar-refractivity contribution in [1.29, 1.82) is 0 Å². The van der Waals surface area contributed by atoms with E-state index < -0.39 is 0 Å². The quantitative estimate of drug-likeness (QED) is 0.625. The maximum absolute atomic E-state index is 11.8. The van der Waals surface area contributed by atoms with E-state index in [0.29, 0.717) is 11.3 Å². The van der Waals surface area contributed by atoms with Crippen LogP contribution in [0.25, 0.3) is 5.57 Å². The van der Waals surface area contributed by atoms with Crippen molar-refractivity contribution in [3.63, 3.8) is 0 Å². The number of nitrogens with one attached hydrogen (secondary N) is 1. The average Bonchev–Trinajstić information content (AvgIpc) is 2.62. The summed E-state index contributed by atoms with van der Waals surface area (Å²) >= 11 is 0. The Kier molecular flexibility index (Phi) is 3.00. The van der Waals surface area contributed by atoms with Gasteiger partial charge < -0.3 is 10.1 Å². The molecule has 0 unspecified atom stereocenters. The molecule has 88 valence electrons. The van der Waals surface area contributed by atoms with Gasteiger partial charge in [-0.05, 0) is 38.1 Å². The SMILES string of the molecule is CC=C(C=C1C(=O)Nc2ccc(C)cc21)OC. The first kappa shape index (κ1) is 11.5. The second-order valence-corrected chi connectivity index (χ2v) is 3.96. The zero-order valence-electron chi connectivity index (χ0n) is 10.2. The van der Waals surface area contributed by atoms with Crippen LogP contribution in [-0.4, -0.2) is 13.0 Å². The van der Waals surface area contributed by atoms with Crippen LogP contribution in [0.15, 0.2) is 36.1 Å². The minimum atomic E-state index is -0.0815. The summed E-state index contributed by atoms with van der Waals surface area (Å²) in [5.41, 5.74) is 3.58. The fourth-order valence-electron chi connectivity index (χ4n) is 1.85. The lowest BCUT2D eigenvalue weighted by Crippen LogP contribution is -2.04. The smallest absolute Gasteiger partial charge is 0.256 e. The fraction of sp³-hybridized carbons (Fsp3) is 0.214. The number of allylic oxidation sites excluding steroid dienone is 2. The maximum Gasteiger partial charge on any atom is 0.256 e. The van der Waals surface area contributed by atoms with Crippen LogP contribution >= 0.6 is 0 Å². The summed E-state index contributed by atoms with van der Waals surface area (Å²) in [6.07, 6.45) is 3.59. The predicted molar refractivity (Wildman–Crippen MR) is 68.6 cm³/mol. The molecule has 1 aliphatic rings. The second-order valence-electron chi connectivity index (χ2n) is 3.96. The van der Waals surface area contributed by atoms with Crippen molar-refractivity contribution in [3.8, 4) is 0 Å². The Morgan fingerprint density at radius 2 is 2.18 bits per heavy atom. The minimum absolute atomic E-state index is 0.0815. The second kappa shape index (κ2) is 4.45. The Balaban J connectivity index is 2.51. The first-order chi connectivity index (χ1) is 8.15. The molecule has 0 fully saturated rings. The van der Waals surface area contributed by atoms with Gasteiger partial charge in [0.15, 0.2) is 0 Å². The van der Waals surface area contributed by atoms with E-state index in [-0.39, 0.29) is 5.91 Å². The predicted octanol–water partition coefficient (Wildman–Crippen LogP) is 2.88. The highest BCUT2D eigenvalue weighted by atomic mass is 16.5. The van der Waals surface area contributed by atoms with E-state index >= 15 is 0 Å². The van der Waals surface area contributed by atoms with Gasteiger partial charge in [-0.3, -0.25) is 4.79 Å². The molecule has 1 heterocycles. The van der Waals surface area contributed by atoms with E-state index in [1.807, 2.05) is 38.1 Å². The van der Waals surface area contributed by atoms with Crippen molar-refractivity contribution < 1.29 is 9.53 Å². The summed E-state index contributed by atoms with van der Waals surface area (Å²) in [5, 5.41) is 2.84. The number of hydrogen-bond donors (Lipinski definition) is 1. The molecule has 0 saturated carbocycles. The highest BCUT2D eigenvalue weighted by molar-refractivity contribution is 6.31. The van der Waals surface area contributed by atoms with Gasteiger partial charge in [-0.1, -0.05) is 11.6 Å². The molecule has 1 amide bonds. The molecule has 0 aromatic heterocycles. The largest absolute Gasteiger partial charge is 0.497 e. The van der Waals surface area contributed by atoms with Gasteiger partial charge in [0.2, 0.25) is 0 Å². The molecule has 0 saturated heterocycles. The monoisotopic (exact) mass is 229 g/mol. The number of anilines is 1. The number of aryl methyl sites for hydroxylation is 1. The number of carbonyl (C=O) groups is 1. The Hall–Kier alpha value is -2.03. The summed E-state index contributed by atoms with van der Waals surface area (Å²) in [6, 6.07) is 5.91. The zero-order chi connectivity index (χ0) is 12.4. The summed E-state index contributed by atoms with van der Waals surface area (Å²) in [4.78, 5) is 11.8. The van der Waals surface area contributed by atoms with Gasteiger partial charge in [0.1, 0.15) is 5.76 Å². The van der Waals surface area contributed by atoms with Crippen molar-refractivity contribution in [2.45, 2.75) is 13.8 Å². The highest BCUT2D eigenvalue weighted by Crippen LogP contribution is 2.33. The van der Waals surface area contributed by atoms with E-state index in [2.05, 4.69) is 5.32 Å². The summed E-state index contributed by atoms with van der Waals surface area (Å²) in [6.45, 7) is 3.88. The number of fused-ring (bicyclic) bond motifs is 1. The van der Waals surface area contributed by atoms with Crippen molar-refractivity contribution in [2.75, 3.05) is 12.4 Å². The fourth-order valence-corrected chi connectivity index (χ4v) is 1.85. The van der Waals surface area contributed by atoms with Crippen LogP contribution in [0.1, 0.15) is 18.1 Å². The molecule has 1 aliphatic heterocycles. The molecule has 17 heavy (non-hydrogen) atoms. The molecular weight excluding hydrogens is 214 g/mol. The molecule has 1 aromatic rings. The molecule has 0 spiro atoms. The van der Waals surface area contributed by atoms with Gasteiger partial charge in [0.25, 0.3) is 5.91 Å². The molecule has 0 radical (unpaired) electrons. The lowest BCUT2D eigenvalue weighted by molar-refractivity contribution is -0.110. The Labute approximate surface area is 101 Å². The Morgan fingerprint density at radius 3 is 2.82 bits per heavy atom. The van der Waals surface area contributed by atoms with E-state index in [9.17, 15) is 4.79 Å². The number of rotatable bonds is 2. The van der Waals surface area contributed by atoms with Crippen LogP contribution in [-0.2, 0) is 9.53 Å². The lowest BCUT2D eigenvalue weighted by Gasteiger charge is -2.02. The van der Waals surface area contributed by atoms with Crippen molar-refractivity contribution in [1.82, 2.24) is 0 Å². The third-order valence-electron chi connectivity index (χ3n) is 2.76. The van der Waals surface area contributed by atoms with E-state index in [0.717, 1.165) is 16.8 Å². The molecule has 0 atom stereocenters. The van der Waals surface area contributed by atoms with E-state index in [1.54, 1.807) is 13.2 Å².